The van der Waals surface area contributed by atoms with Crippen LogP contribution < -0.4 is 29.7 Å². The van der Waals surface area contributed by atoms with Gasteiger partial charge in [-0.05, 0) is 54.1 Å². The van der Waals surface area contributed by atoms with E-state index in [0.717, 1.165) is 5.56 Å². The number of benzene rings is 3. The van der Waals surface area contributed by atoms with Gasteiger partial charge in [-0.15, -0.1) is 0 Å². The van der Waals surface area contributed by atoms with Crippen LogP contribution in [0.25, 0.3) is 0 Å². The molecule has 0 saturated carbocycles. The molecular formula is C27H24FN3O6. The fourth-order valence-electron chi connectivity index (χ4n) is 4.14. The van der Waals surface area contributed by atoms with Crippen LogP contribution in [-0.2, 0) is 20.9 Å². The molecule has 3 aromatic carbocycles. The summed E-state index contributed by atoms with van der Waals surface area (Å²) in [4.78, 5) is 38.9. The third kappa shape index (κ3) is 5.64. The van der Waals surface area contributed by atoms with Crippen molar-refractivity contribution < 1.29 is 33.0 Å². The van der Waals surface area contributed by atoms with Crippen molar-refractivity contribution in [3.8, 4) is 17.2 Å². The molecule has 190 valence electrons. The second-order valence-electron chi connectivity index (χ2n) is 8.62. The van der Waals surface area contributed by atoms with E-state index in [-0.39, 0.29) is 43.9 Å². The minimum Gasteiger partial charge on any atom is -0.484 e. The zero-order valence-electron chi connectivity index (χ0n) is 19.7. The number of fused-ring (bicyclic) bond motifs is 1. The number of hydrogen-bond acceptors (Lipinski definition) is 6. The van der Waals surface area contributed by atoms with Gasteiger partial charge >= 0.3 is 0 Å². The molecule has 2 aliphatic heterocycles. The van der Waals surface area contributed by atoms with Crippen molar-refractivity contribution in [3.63, 3.8) is 0 Å². The lowest BCUT2D eigenvalue weighted by Crippen LogP contribution is -2.32. The first-order valence-corrected chi connectivity index (χ1v) is 11.7. The van der Waals surface area contributed by atoms with Gasteiger partial charge < -0.3 is 29.7 Å². The maximum Gasteiger partial charge on any atom is 0.262 e. The number of halogens is 1. The van der Waals surface area contributed by atoms with Crippen molar-refractivity contribution in [2.24, 2.45) is 5.92 Å². The van der Waals surface area contributed by atoms with Crippen LogP contribution in [0.5, 0.6) is 17.2 Å². The third-order valence-corrected chi connectivity index (χ3v) is 6.07. The van der Waals surface area contributed by atoms with E-state index in [1.807, 2.05) is 12.1 Å². The molecule has 0 spiro atoms. The van der Waals surface area contributed by atoms with E-state index in [1.54, 1.807) is 41.3 Å². The number of carbonyl (C=O) groups is 3. The summed E-state index contributed by atoms with van der Waals surface area (Å²) in [6.45, 7) is 0.457. The van der Waals surface area contributed by atoms with Crippen molar-refractivity contribution in [2.75, 3.05) is 30.2 Å². The Labute approximate surface area is 212 Å². The number of carbonyl (C=O) groups excluding carboxylic acids is 3. The Kier molecular flexibility index (Phi) is 6.89. The van der Waals surface area contributed by atoms with Gasteiger partial charge in [-0.3, -0.25) is 14.4 Å². The first-order chi connectivity index (χ1) is 18.0. The summed E-state index contributed by atoms with van der Waals surface area (Å²) >= 11 is 0. The van der Waals surface area contributed by atoms with Crippen molar-refractivity contribution in [1.82, 2.24) is 5.32 Å². The van der Waals surface area contributed by atoms with Gasteiger partial charge in [0.1, 0.15) is 11.6 Å². The summed E-state index contributed by atoms with van der Waals surface area (Å²) in [6.07, 6.45) is 0.113. The van der Waals surface area contributed by atoms with Crippen LogP contribution in [0, 0.1) is 11.7 Å². The summed E-state index contributed by atoms with van der Waals surface area (Å²) < 4.78 is 29.8. The van der Waals surface area contributed by atoms with Gasteiger partial charge in [-0.1, -0.05) is 18.2 Å². The van der Waals surface area contributed by atoms with Gasteiger partial charge in [0.25, 0.3) is 5.91 Å². The molecule has 1 saturated heterocycles. The molecule has 1 atom stereocenters. The van der Waals surface area contributed by atoms with Crippen LogP contribution in [0.4, 0.5) is 15.8 Å². The summed E-state index contributed by atoms with van der Waals surface area (Å²) in [6, 6.07) is 18.0. The average Bonchev–Trinajstić information content (AvgIpc) is 3.54. The molecule has 2 N–H and O–H groups in total. The lowest BCUT2D eigenvalue weighted by molar-refractivity contribution is -0.126. The molecule has 37 heavy (non-hydrogen) atoms. The van der Waals surface area contributed by atoms with Crippen LogP contribution >= 0.6 is 0 Å². The topological polar surface area (TPSA) is 106 Å². The van der Waals surface area contributed by atoms with E-state index in [9.17, 15) is 18.8 Å². The van der Waals surface area contributed by atoms with Crippen molar-refractivity contribution in [3.05, 3.63) is 78.1 Å². The Balaban J connectivity index is 1.11. The molecule has 0 aliphatic carbocycles. The number of ether oxygens (including phenoxy) is 3. The van der Waals surface area contributed by atoms with Gasteiger partial charge in [0.2, 0.25) is 18.6 Å². The summed E-state index contributed by atoms with van der Waals surface area (Å²) in [5, 5.41) is 5.33. The number of hydrogen-bond donors (Lipinski definition) is 2. The van der Waals surface area contributed by atoms with E-state index >= 15 is 0 Å². The van der Waals surface area contributed by atoms with Gasteiger partial charge in [-0.25, -0.2) is 4.39 Å². The highest BCUT2D eigenvalue weighted by molar-refractivity contribution is 6.00. The molecule has 9 nitrogen and oxygen atoms in total. The average molecular weight is 506 g/mol. The summed E-state index contributed by atoms with van der Waals surface area (Å²) in [7, 11) is 0. The highest BCUT2D eigenvalue weighted by Crippen LogP contribution is 2.32. The number of nitrogens with one attached hydrogen (secondary N) is 2. The van der Waals surface area contributed by atoms with Gasteiger partial charge in [0.05, 0.1) is 11.6 Å². The van der Waals surface area contributed by atoms with E-state index in [2.05, 4.69) is 10.6 Å². The number of nitrogens with zero attached hydrogens (tertiary/aromatic N) is 1. The molecule has 0 unspecified atom stereocenters. The van der Waals surface area contributed by atoms with Gasteiger partial charge in [0, 0.05) is 25.2 Å². The molecule has 0 bridgehead atoms. The Morgan fingerprint density at radius 2 is 1.81 bits per heavy atom. The van der Waals surface area contributed by atoms with Crippen LogP contribution in [-0.4, -0.2) is 37.7 Å². The molecule has 5 rings (SSSR count). The highest BCUT2D eigenvalue weighted by atomic mass is 19.1. The maximum absolute atomic E-state index is 13.7. The molecule has 10 heteroatoms. The van der Waals surface area contributed by atoms with E-state index in [0.29, 0.717) is 29.5 Å². The standard InChI is InChI=1S/C27H24FN3O6/c28-21-3-1-2-4-22(21)30-25(32)15-35-20-8-6-19(7-9-20)31-14-18(12-26(31)33)27(34)29-13-17-5-10-23-24(11-17)37-16-36-23/h1-11,18H,12-16H2,(H,29,34)(H,30,32)/t18-/m0/s1. The fourth-order valence-corrected chi connectivity index (χ4v) is 4.14. The highest BCUT2D eigenvalue weighted by Gasteiger charge is 2.35. The monoisotopic (exact) mass is 505 g/mol. The number of amides is 3. The maximum atomic E-state index is 13.7. The lowest BCUT2D eigenvalue weighted by Gasteiger charge is -2.17. The zero-order valence-corrected chi connectivity index (χ0v) is 19.7. The molecular weight excluding hydrogens is 481 g/mol. The molecule has 2 aliphatic rings. The molecule has 2 heterocycles. The smallest absolute Gasteiger partial charge is 0.262 e. The van der Waals surface area contributed by atoms with E-state index in [4.69, 9.17) is 14.2 Å². The van der Waals surface area contributed by atoms with E-state index in [1.165, 1.54) is 18.2 Å². The Bertz CT molecular complexity index is 1330. The van der Waals surface area contributed by atoms with Crippen molar-refractivity contribution >= 4 is 29.1 Å². The first-order valence-electron chi connectivity index (χ1n) is 11.7. The largest absolute Gasteiger partial charge is 0.484 e. The normalized spacial score (nSPS) is 16.0. The van der Waals surface area contributed by atoms with Gasteiger partial charge in [-0.2, -0.15) is 0 Å². The Morgan fingerprint density at radius 1 is 1.03 bits per heavy atom. The Morgan fingerprint density at radius 3 is 2.62 bits per heavy atom. The molecule has 0 radical (unpaired) electrons. The lowest BCUT2D eigenvalue weighted by atomic mass is 10.1. The number of anilines is 2. The predicted molar refractivity (Wildman–Crippen MR) is 132 cm³/mol. The van der Waals surface area contributed by atoms with Crippen LogP contribution in [0.2, 0.25) is 0 Å². The van der Waals surface area contributed by atoms with Crippen LogP contribution in [0.15, 0.2) is 66.7 Å². The fraction of sp³-hybridized carbons (Fsp3) is 0.222. The predicted octanol–water partition coefficient (Wildman–Crippen LogP) is 3.24. The van der Waals surface area contributed by atoms with Crippen molar-refractivity contribution in [2.45, 2.75) is 13.0 Å². The van der Waals surface area contributed by atoms with Crippen LogP contribution in [0.3, 0.4) is 0 Å². The van der Waals surface area contributed by atoms with Gasteiger partial charge in [0.15, 0.2) is 18.1 Å². The second kappa shape index (κ2) is 10.6. The molecule has 3 aromatic rings. The molecule has 3 amide bonds. The van der Waals surface area contributed by atoms with Crippen LogP contribution in [0.1, 0.15) is 12.0 Å². The minimum atomic E-state index is -0.532. The molecule has 0 aromatic heterocycles. The molecule has 1 fully saturated rings. The van der Waals surface area contributed by atoms with E-state index < -0.39 is 17.6 Å². The summed E-state index contributed by atoms with van der Waals surface area (Å²) in [5.41, 5.74) is 1.57. The summed E-state index contributed by atoms with van der Waals surface area (Å²) in [5.74, 6) is -0.123. The quantitative estimate of drug-likeness (QED) is 0.487. The number of rotatable bonds is 8. The SMILES string of the molecule is O=C(COc1ccc(N2C[C@@H](C(=O)NCc3ccc4c(c3)OCO4)CC2=O)cc1)Nc1ccccc1F. The minimum absolute atomic E-state index is 0.0773. The zero-order chi connectivity index (χ0) is 25.8. The Hall–Kier alpha value is -4.60. The third-order valence-electron chi connectivity index (χ3n) is 6.07. The first kappa shape index (κ1) is 24.1. The number of para-hydroxylation sites is 1. The van der Waals surface area contributed by atoms with Crippen molar-refractivity contribution in [1.29, 1.82) is 0 Å². The second-order valence-corrected chi connectivity index (χ2v) is 8.62.